The van der Waals surface area contributed by atoms with E-state index in [9.17, 15) is 26.4 Å². The highest BCUT2D eigenvalue weighted by Crippen LogP contribution is 2.32. The standard InChI is InChI=1S/C20H21F3N2O3S2/c1-15-5-7-18(8-6-15)30(27,28)25-11-9-24(10-12-25)19(26)14-29-17-4-2-3-16(13-17)20(21,22)23/h2-8,13H,9-12,14H2,1H3. The number of halogens is 3. The summed E-state index contributed by atoms with van der Waals surface area (Å²) < 4.78 is 65.2. The zero-order valence-corrected chi connectivity index (χ0v) is 17.9. The van der Waals surface area contributed by atoms with Crippen LogP contribution in [-0.4, -0.2) is 55.5 Å². The van der Waals surface area contributed by atoms with Gasteiger partial charge in [-0.2, -0.15) is 17.5 Å². The molecule has 1 aliphatic heterocycles. The number of hydrogen-bond acceptors (Lipinski definition) is 4. The largest absolute Gasteiger partial charge is 0.416 e. The Kier molecular flexibility index (Phi) is 6.78. The van der Waals surface area contributed by atoms with Crippen molar-refractivity contribution in [2.75, 3.05) is 31.9 Å². The topological polar surface area (TPSA) is 57.7 Å². The molecule has 0 radical (unpaired) electrons. The van der Waals surface area contributed by atoms with Crippen LogP contribution in [0.3, 0.4) is 0 Å². The Morgan fingerprint density at radius 2 is 1.67 bits per heavy atom. The van der Waals surface area contributed by atoms with Crippen LogP contribution in [0, 0.1) is 6.92 Å². The summed E-state index contributed by atoms with van der Waals surface area (Å²) in [7, 11) is -3.62. The van der Waals surface area contributed by atoms with Gasteiger partial charge in [0.1, 0.15) is 0 Å². The third-order valence-corrected chi connectivity index (χ3v) is 7.67. The summed E-state index contributed by atoms with van der Waals surface area (Å²) in [5, 5.41) is 0. The van der Waals surface area contributed by atoms with Crippen LogP contribution in [0.15, 0.2) is 58.3 Å². The molecule has 1 amide bonds. The number of piperazine rings is 1. The van der Waals surface area contributed by atoms with Crippen molar-refractivity contribution in [2.24, 2.45) is 0 Å². The summed E-state index contributed by atoms with van der Waals surface area (Å²) in [6.45, 7) is 2.71. The third kappa shape index (κ3) is 5.35. The molecule has 0 N–H and O–H groups in total. The third-order valence-electron chi connectivity index (χ3n) is 4.77. The molecule has 3 rings (SSSR count). The highest BCUT2D eigenvalue weighted by Gasteiger charge is 2.31. The molecule has 162 valence electrons. The Hall–Kier alpha value is -2.04. The van der Waals surface area contributed by atoms with Crippen LogP contribution in [0.4, 0.5) is 13.2 Å². The van der Waals surface area contributed by atoms with Crippen LogP contribution in [0.1, 0.15) is 11.1 Å². The van der Waals surface area contributed by atoms with Crippen LogP contribution in [-0.2, 0) is 21.0 Å². The first-order chi connectivity index (χ1) is 14.1. The van der Waals surface area contributed by atoms with Crippen molar-refractivity contribution in [1.82, 2.24) is 9.21 Å². The van der Waals surface area contributed by atoms with Crippen LogP contribution in [0.2, 0.25) is 0 Å². The number of alkyl halides is 3. The maximum atomic E-state index is 12.8. The molecule has 1 fully saturated rings. The molecule has 0 aliphatic carbocycles. The molecule has 0 saturated carbocycles. The second-order valence-corrected chi connectivity index (χ2v) is 9.90. The minimum atomic E-state index is -4.43. The molecule has 1 saturated heterocycles. The highest BCUT2D eigenvalue weighted by atomic mass is 32.2. The van der Waals surface area contributed by atoms with Gasteiger partial charge in [0.25, 0.3) is 0 Å². The van der Waals surface area contributed by atoms with E-state index < -0.39 is 21.8 Å². The molecule has 10 heteroatoms. The van der Waals surface area contributed by atoms with Gasteiger partial charge in [0, 0.05) is 31.1 Å². The van der Waals surface area contributed by atoms with E-state index in [1.165, 1.54) is 16.4 Å². The molecule has 0 unspecified atom stereocenters. The van der Waals surface area contributed by atoms with Crippen LogP contribution in [0.25, 0.3) is 0 Å². The van der Waals surface area contributed by atoms with Crippen molar-refractivity contribution < 1.29 is 26.4 Å². The molecule has 1 aliphatic rings. The summed E-state index contributed by atoms with van der Waals surface area (Å²) in [5.74, 6) is -0.240. The molecular formula is C20H21F3N2O3S2. The second-order valence-electron chi connectivity index (χ2n) is 6.91. The quantitative estimate of drug-likeness (QED) is 0.642. The van der Waals surface area contributed by atoms with Crippen molar-refractivity contribution in [3.63, 3.8) is 0 Å². The molecular weight excluding hydrogens is 437 g/mol. The zero-order valence-electron chi connectivity index (χ0n) is 16.2. The van der Waals surface area contributed by atoms with E-state index in [-0.39, 0.29) is 42.7 Å². The van der Waals surface area contributed by atoms with Crippen LogP contribution >= 0.6 is 11.8 Å². The van der Waals surface area contributed by atoms with Gasteiger partial charge in [0.2, 0.25) is 15.9 Å². The fraction of sp³-hybridized carbons (Fsp3) is 0.350. The Labute approximate surface area is 177 Å². The van der Waals surface area contributed by atoms with Crippen molar-refractivity contribution in [2.45, 2.75) is 22.9 Å². The monoisotopic (exact) mass is 458 g/mol. The van der Waals surface area contributed by atoms with E-state index in [4.69, 9.17) is 0 Å². The normalized spacial score (nSPS) is 15.9. The van der Waals surface area contributed by atoms with Crippen molar-refractivity contribution in [3.05, 3.63) is 59.7 Å². The molecule has 0 aromatic heterocycles. The van der Waals surface area contributed by atoms with Gasteiger partial charge in [-0.3, -0.25) is 4.79 Å². The van der Waals surface area contributed by atoms with Crippen molar-refractivity contribution in [3.8, 4) is 0 Å². The molecule has 2 aromatic rings. The Bertz CT molecular complexity index is 1000. The van der Waals surface area contributed by atoms with Gasteiger partial charge in [0.05, 0.1) is 16.2 Å². The Morgan fingerprint density at radius 1 is 1.03 bits per heavy atom. The zero-order chi connectivity index (χ0) is 21.9. The van der Waals surface area contributed by atoms with Crippen LogP contribution < -0.4 is 0 Å². The lowest BCUT2D eigenvalue weighted by atomic mass is 10.2. The molecule has 30 heavy (non-hydrogen) atoms. The average molecular weight is 459 g/mol. The Balaban J connectivity index is 1.55. The van der Waals surface area contributed by atoms with Gasteiger partial charge in [0.15, 0.2) is 0 Å². The molecule has 0 atom stereocenters. The van der Waals surface area contributed by atoms with Gasteiger partial charge >= 0.3 is 6.18 Å². The number of aryl methyl sites for hydroxylation is 1. The van der Waals surface area contributed by atoms with Gasteiger partial charge in [-0.25, -0.2) is 8.42 Å². The molecule has 0 spiro atoms. The Morgan fingerprint density at radius 3 is 2.27 bits per heavy atom. The summed E-state index contributed by atoms with van der Waals surface area (Å²) in [4.78, 5) is 14.6. The van der Waals surface area contributed by atoms with Gasteiger partial charge in [-0.1, -0.05) is 23.8 Å². The first-order valence-corrected chi connectivity index (χ1v) is 11.6. The van der Waals surface area contributed by atoms with E-state index >= 15 is 0 Å². The summed E-state index contributed by atoms with van der Waals surface area (Å²) in [5.41, 5.74) is 0.206. The molecule has 1 heterocycles. The molecule has 0 bridgehead atoms. The van der Waals surface area contributed by atoms with E-state index in [0.717, 1.165) is 29.5 Å². The number of rotatable bonds is 5. The number of nitrogens with zero attached hydrogens (tertiary/aromatic N) is 2. The predicted molar refractivity (Wildman–Crippen MR) is 109 cm³/mol. The number of sulfonamides is 1. The number of thioether (sulfide) groups is 1. The van der Waals surface area contributed by atoms with Crippen molar-refractivity contribution >= 4 is 27.7 Å². The lowest BCUT2D eigenvalue weighted by Gasteiger charge is -2.34. The number of amides is 1. The minimum Gasteiger partial charge on any atom is -0.339 e. The second kappa shape index (κ2) is 8.99. The lowest BCUT2D eigenvalue weighted by molar-refractivity contribution is -0.137. The highest BCUT2D eigenvalue weighted by molar-refractivity contribution is 8.00. The van der Waals surface area contributed by atoms with E-state index in [1.54, 1.807) is 29.2 Å². The number of hydrogen-bond donors (Lipinski definition) is 0. The maximum Gasteiger partial charge on any atom is 0.416 e. The number of benzene rings is 2. The van der Waals surface area contributed by atoms with Crippen LogP contribution in [0.5, 0.6) is 0 Å². The molecule has 2 aromatic carbocycles. The average Bonchev–Trinajstić information content (AvgIpc) is 2.72. The van der Waals surface area contributed by atoms with E-state index in [2.05, 4.69) is 0 Å². The van der Waals surface area contributed by atoms with Gasteiger partial charge < -0.3 is 4.90 Å². The fourth-order valence-electron chi connectivity index (χ4n) is 3.04. The summed E-state index contributed by atoms with van der Waals surface area (Å²) in [6.07, 6.45) is -4.43. The summed E-state index contributed by atoms with van der Waals surface area (Å²) in [6, 6.07) is 11.4. The van der Waals surface area contributed by atoms with E-state index in [1.807, 2.05) is 6.92 Å². The van der Waals surface area contributed by atoms with Crippen molar-refractivity contribution in [1.29, 1.82) is 0 Å². The smallest absolute Gasteiger partial charge is 0.339 e. The number of carbonyl (C=O) groups excluding carboxylic acids is 1. The summed E-state index contributed by atoms with van der Waals surface area (Å²) >= 11 is 1.03. The van der Waals surface area contributed by atoms with Gasteiger partial charge in [-0.05, 0) is 37.3 Å². The lowest BCUT2D eigenvalue weighted by Crippen LogP contribution is -2.50. The van der Waals surface area contributed by atoms with E-state index in [0.29, 0.717) is 4.90 Å². The first-order valence-electron chi connectivity index (χ1n) is 9.22. The minimum absolute atomic E-state index is 0.00791. The predicted octanol–water partition coefficient (Wildman–Crippen LogP) is 3.64. The fourth-order valence-corrected chi connectivity index (χ4v) is 5.32. The number of carbonyl (C=O) groups is 1. The van der Waals surface area contributed by atoms with Gasteiger partial charge in [-0.15, -0.1) is 11.8 Å². The SMILES string of the molecule is Cc1ccc(S(=O)(=O)N2CCN(C(=O)CSc3cccc(C(F)(F)F)c3)CC2)cc1. The first kappa shape index (κ1) is 22.6. The maximum absolute atomic E-state index is 12.8. The molecule has 5 nitrogen and oxygen atoms in total.